The second-order valence-electron chi connectivity index (χ2n) is 7.05. The second kappa shape index (κ2) is 7.35. The van der Waals surface area contributed by atoms with E-state index in [1.54, 1.807) is 0 Å². The van der Waals surface area contributed by atoms with Gasteiger partial charge in [-0.3, -0.25) is 0 Å². The number of hydrogen-bond acceptors (Lipinski definition) is 6. The van der Waals surface area contributed by atoms with Gasteiger partial charge in [-0.2, -0.15) is 0 Å². The molecule has 0 radical (unpaired) electrons. The molecule has 1 saturated carbocycles. The molecule has 1 fully saturated rings. The van der Waals surface area contributed by atoms with Crippen LogP contribution >= 0.6 is 0 Å². The Morgan fingerprint density at radius 1 is 1.12 bits per heavy atom. The van der Waals surface area contributed by atoms with Gasteiger partial charge in [0.2, 0.25) is 5.95 Å². The molecule has 3 heterocycles. The Kier molecular flexibility index (Phi) is 4.78. The van der Waals surface area contributed by atoms with Gasteiger partial charge in [-0.1, -0.05) is 6.07 Å². The van der Waals surface area contributed by atoms with Gasteiger partial charge in [0.1, 0.15) is 5.82 Å². The number of aromatic nitrogens is 3. The first-order chi connectivity index (χ1) is 12.3. The molecule has 1 aliphatic heterocycles. The van der Waals surface area contributed by atoms with Gasteiger partial charge < -0.3 is 15.7 Å². The predicted molar refractivity (Wildman–Crippen MR) is 97.7 cm³/mol. The van der Waals surface area contributed by atoms with E-state index < -0.39 is 0 Å². The van der Waals surface area contributed by atoms with E-state index in [9.17, 15) is 0 Å². The Bertz CT molecular complexity index is 714. The first kappa shape index (κ1) is 16.3. The summed E-state index contributed by atoms with van der Waals surface area (Å²) in [7, 11) is 0. The van der Waals surface area contributed by atoms with Crippen molar-refractivity contribution in [1.29, 1.82) is 0 Å². The highest BCUT2D eigenvalue weighted by atomic mass is 16.3. The molecular formula is C19H25N5O. The lowest BCUT2D eigenvalue weighted by Crippen LogP contribution is -2.27. The quantitative estimate of drug-likeness (QED) is 0.777. The summed E-state index contributed by atoms with van der Waals surface area (Å²) in [5.41, 5.74) is 2.24. The van der Waals surface area contributed by atoms with Gasteiger partial charge in [-0.25, -0.2) is 15.0 Å². The van der Waals surface area contributed by atoms with E-state index in [0.717, 1.165) is 43.3 Å². The number of rotatable bonds is 5. The van der Waals surface area contributed by atoms with E-state index in [1.807, 2.05) is 24.5 Å². The van der Waals surface area contributed by atoms with Crippen LogP contribution in [0.4, 0.5) is 11.8 Å². The van der Waals surface area contributed by atoms with Crippen molar-refractivity contribution >= 4 is 11.8 Å². The van der Waals surface area contributed by atoms with Crippen LogP contribution < -0.4 is 10.6 Å². The van der Waals surface area contributed by atoms with Crippen molar-refractivity contribution < 1.29 is 5.11 Å². The van der Waals surface area contributed by atoms with Crippen LogP contribution in [0.5, 0.6) is 0 Å². The van der Waals surface area contributed by atoms with Crippen LogP contribution in [-0.4, -0.2) is 39.3 Å². The van der Waals surface area contributed by atoms with Gasteiger partial charge in [-0.15, -0.1) is 0 Å². The molecule has 0 spiro atoms. The van der Waals surface area contributed by atoms with E-state index in [0.29, 0.717) is 18.6 Å². The molecule has 2 aromatic rings. The molecule has 0 amide bonds. The summed E-state index contributed by atoms with van der Waals surface area (Å²) in [6.07, 6.45) is 9.17. The predicted octanol–water partition coefficient (Wildman–Crippen LogP) is 2.78. The number of aliphatic hydroxyl groups excluding tert-OH is 1. The summed E-state index contributed by atoms with van der Waals surface area (Å²) in [5, 5.41) is 15.9. The van der Waals surface area contributed by atoms with Gasteiger partial charge in [0.15, 0.2) is 0 Å². The minimum absolute atomic E-state index is 0.229. The first-order valence-corrected chi connectivity index (χ1v) is 9.22. The molecule has 0 saturated heterocycles. The van der Waals surface area contributed by atoms with Crippen molar-refractivity contribution in [2.24, 2.45) is 5.92 Å². The molecule has 1 aliphatic carbocycles. The monoisotopic (exact) mass is 339 g/mol. The average molecular weight is 339 g/mol. The fourth-order valence-corrected chi connectivity index (χ4v) is 4.02. The van der Waals surface area contributed by atoms with Gasteiger partial charge in [0, 0.05) is 43.1 Å². The number of aliphatic hydroxyl groups is 1. The highest BCUT2D eigenvalue weighted by molar-refractivity contribution is 5.54. The standard InChI is InChI=1S/C19H25N5O/c25-11-8-13-3-5-14(6-4-13)23-19-21-10-7-17(24-19)16-12-22-18-15(16)2-1-9-20-18/h1-2,7,9-10,13-14,16,25H,3-6,8,11-12H2,(H,20,22)(H,21,23,24). The van der Waals surface area contributed by atoms with Crippen LogP contribution in [0, 0.1) is 5.92 Å². The van der Waals surface area contributed by atoms with E-state index in [1.165, 1.54) is 18.4 Å². The van der Waals surface area contributed by atoms with Crippen LogP contribution in [-0.2, 0) is 0 Å². The second-order valence-corrected chi connectivity index (χ2v) is 7.05. The van der Waals surface area contributed by atoms with Crippen LogP contribution in [0.1, 0.15) is 49.3 Å². The van der Waals surface area contributed by atoms with Crippen molar-refractivity contribution in [3.8, 4) is 0 Å². The Morgan fingerprint density at radius 3 is 2.84 bits per heavy atom. The SMILES string of the molecule is OCCC1CCC(Nc2nccc(C3CNc4ncccc43)n2)CC1. The number of hydrogen-bond donors (Lipinski definition) is 3. The van der Waals surface area contributed by atoms with Gasteiger partial charge in [0.25, 0.3) is 0 Å². The zero-order valence-electron chi connectivity index (χ0n) is 14.4. The molecular weight excluding hydrogens is 314 g/mol. The third-order valence-electron chi connectivity index (χ3n) is 5.44. The van der Waals surface area contributed by atoms with Crippen molar-refractivity contribution in [2.75, 3.05) is 23.8 Å². The third-order valence-corrected chi connectivity index (χ3v) is 5.44. The van der Waals surface area contributed by atoms with Crippen LogP contribution in [0.25, 0.3) is 0 Å². The topological polar surface area (TPSA) is 83.0 Å². The largest absolute Gasteiger partial charge is 0.396 e. The number of nitrogens with one attached hydrogen (secondary N) is 2. The molecule has 25 heavy (non-hydrogen) atoms. The maximum atomic E-state index is 9.08. The van der Waals surface area contributed by atoms with Crippen molar-refractivity contribution in [3.05, 3.63) is 41.9 Å². The Morgan fingerprint density at radius 2 is 2.00 bits per heavy atom. The highest BCUT2D eigenvalue weighted by Gasteiger charge is 2.26. The molecule has 3 N–H and O–H groups in total. The molecule has 0 aromatic carbocycles. The molecule has 1 atom stereocenters. The van der Waals surface area contributed by atoms with Crippen LogP contribution in [0.15, 0.2) is 30.6 Å². The zero-order chi connectivity index (χ0) is 17.1. The lowest BCUT2D eigenvalue weighted by Gasteiger charge is -2.28. The van der Waals surface area contributed by atoms with Gasteiger partial charge >= 0.3 is 0 Å². The smallest absolute Gasteiger partial charge is 0.223 e. The van der Waals surface area contributed by atoms with Crippen molar-refractivity contribution in [2.45, 2.75) is 44.1 Å². The Labute approximate surface area is 148 Å². The normalized spacial score (nSPS) is 25.2. The summed E-state index contributed by atoms with van der Waals surface area (Å²) in [4.78, 5) is 13.6. The number of fused-ring (bicyclic) bond motifs is 1. The third kappa shape index (κ3) is 3.58. The maximum Gasteiger partial charge on any atom is 0.223 e. The molecule has 0 bridgehead atoms. The maximum absolute atomic E-state index is 9.08. The number of anilines is 2. The van der Waals surface area contributed by atoms with E-state index >= 15 is 0 Å². The van der Waals surface area contributed by atoms with Crippen molar-refractivity contribution in [1.82, 2.24) is 15.0 Å². The van der Waals surface area contributed by atoms with Gasteiger partial charge in [0.05, 0.1) is 5.69 Å². The zero-order valence-corrected chi connectivity index (χ0v) is 14.4. The molecule has 1 unspecified atom stereocenters. The molecule has 4 rings (SSSR count). The highest BCUT2D eigenvalue weighted by Crippen LogP contribution is 2.34. The van der Waals surface area contributed by atoms with Crippen molar-refractivity contribution in [3.63, 3.8) is 0 Å². The Balaban J connectivity index is 1.43. The molecule has 2 aliphatic rings. The summed E-state index contributed by atoms with van der Waals surface area (Å²) in [6.45, 7) is 1.13. The fraction of sp³-hybridized carbons (Fsp3) is 0.526. The van der Waals surface area contributed by atoms with Crippen LogP contribution in [0.2, 0.25) is 0 Å². The molecule has 6 nitrogen and oxygen atoms in total. The molecule has 2 aromatic heterocycles. The minimum Gasteiger partial charge on any atom is -0.396 e. The van der Waals surface area contributed by atoms with E-state index in [-0.39, 0.29) is 5.92 Å². The number of nitrogens with zero attached hydrogens (tertiary/aromatic N) is 3. The Hall–Kier alpha value is -2.21. The minimum atomic E-state index is 0.229. The summed E-state index contributed by atoms with van der Waals surface area (Å²) < 4.78 is 0. The van der Waals surface area contributed by atoms with E-state index in [4.69, 9.17) is 10.1 Å². The lowest BCUT2D eigenvalue weighted by molar-refractivity contribution is 0.225. The van der Waals surface area contributed by atoms with Gasteiger partial charge in [-0.05, 0) is 50.2 Å². The fourth-order valence-electron chi connectivity index (χ4n) is 4.02. The summed E-state index contributed by atoms with van der Waals surface area (Å²) >= 11 is 0. The molecule has 132 valence electrons. The summed E-state index contributed by atoms with van der Waals surface area (Å²) in [5.74, 6) is 2.58. The first-order valence-electron chi connectivity index (χ1n) is 9.22. The molecule has 6 heteroatoms. The average Bonchev–Trinajstić information content (AvgIpc) is 3.08. The number of pyridine rings is 1. The lowest BCUT2D eigenvalue weighted by atomic mass is 9.84. The van der Waals surface area contributed by atoms with Crippen LogP contribution in [0.3, 0.4) is 0 Å². The summed E-state index contributed by atoms with van der Waals surface area (Å²) in [6, 6.07) is 6.52. The van der Waals surface area contributed by atoms with E-state index in [2.05, 4.69) is 26.7 Å².